The molecule has 0 saturated carbocycles. The Morgan fingerprint density at radius 2 is 2.00 bits per heavy atom. The fraction of sp³-hybridized carbons (Fsp3) is 0.364. The molecule has 28 heavy (non-hydrogen) atoms. The van der Waals surface area contributed by atoms with Gasteiger partial charge in [0.25, 0.3) is 0 Å². The normalized spacial score (nSPS) is 16.9. The van der Waals surface area contributed by atoms with E-state index in [9.17, 15) is 4.79 Å². The zero-order chi connectivity index (χ0) is 19.7. The zero-order valence-corrected chi connectivity index (χ0v) is 16.7. The number of rotatable bonds is 4. The Bertz CT molecular complexity index is 976. The third-order valence-electron chi connectivity index (χ3n) is 5.38. The maximum absolute atomic E-state index is 13.0. The molecule has 1 aromatic heterocycles. The van der Waals surface area contributed by atoms with E-state index < -0.39 is 0 Å². The number of aromatic nitrogens is 2. The minimum Gasteiger partial charge on any atom is -0.317 e. The van der Waals surface area contributed by atoms with Crippen LogP contribution in [0.25, 0.3) is 10.9 Å². The molecule has 0 aliphatic carbocycles. The summed E-state index contributed by atoms with van der Waals surface area (Å²) in [6, 6.07) is 14.6. The van der Waals surface area contributed by atoms with Gasteiger partial charge in [0.15, 0.2) is 0 Å². The van der Waals surface area contributed by atoms with Crippen molar-refractivity contribution < 1.29 is 4.79 Å². The van der Waals surface area contributed by atoms with Crippen LogP contribution in [0.15, 0.2) is 48.7 Å². The first-order valence-corrected chi connectivity index (χ1v) is 9.74. The predicted molar refractivity (Wildman–Crippen MR) is 112 cm³/mol. The van der Waals surface area contributed by atoms with Gasteiger partial charge in [-0.1, -0.05) is 24.3 Å². The van der Waals surface area contributed by atoms with E-state index in [1.165, 1.54) is 11.1 Å². The highest BCUT2D eigenvalue weighted by Gasteiger charge is 2.30. The number of carbonyl (C=O) groups is 1. The van der Waals surface area contributed by atoms with Gasteiger partial charge < -0.3 is 15.1 Å². The smallest absolute Gasteiger partial charge is 0.317 e. The van der Waals surface area contributed by atoms with Gasteiger partial charge in [0.05, 0.1) is 17.8 Å². The number of fused-ring (bicyclic) bond motifs is 1. The first-order valence-electron chi connectivity index (χ1n) is 9.74. The summed E-state index contributed by atoms with van der Waals surface area (Å²) in [6.45, 7) is 1.70. The van der Waals surface area contributed by atoms with E-state index in [0.717, 1.165) is 42.5 Å². The molecule has 1 aliphatic rings. The molecule has 1 N–H and O–H groups in total. The molecule has 2 aromatic carbocycles. The Hall–Kier alpha value is -2.86. The summed E-state index contributed by atoms with van der Waals surface area (Å²) < 4.78 is 1.82. The second kappa shape index (κ2) is 7.64. The van der Waals surface area contributed by atoms with Gasteiger partial charge in [-0.15, -0.1) is 0 Å². The number of aryl methyl sites for hydroxylation is 1. The van der Waals surface area contributed by atoms with E-state index in [1.807, 2.05) is 41.0 Å². The van der Waals surface area contributed by atoms with E-state index >= 15 is 0 Å². The van der Waals surface area contributed by atoms with Crippen LogP contribution in [0.3, 0.4) is 0 Å². The number of nitrogens with zero attached hydrogens (tertiary/aromatic N) is 4. The Kier molecular flexibility index (Phi) is 5.05. The van der Waals surface area contributed by atoms with Crippen molar-refractivity contribution in [3.63, 3.8) is 0 Å². The highest BCUT2D eigenvalue weighted by atomic mass is 16.2. The number of amides is 2. The molecule has 1 atom stereocenters. The van der Waals surface area contributed by atoms with Gasteiger partial charge in [0.1, 0.15) is 0 Å². The predicted octanol–water partition coefficient (Wildman–Crippen LogP) is 4.00. The van der Waals surface area contributed by atoms with E-state index in [1.54, 1.807) is 0 Å². The van der Waals surface area contributed by atoms with Crippen molar-refractivity contribution in [2.24, 2.45) is 7.05 Å². The van der Waals surface area contributed by atoms with Crippen molar-refractivity contribution in [1.29, 1.82) is 0 Å². The molecule has 2 amide bonds. The van der Waals surface area contributed by atoms with E-state index in [0.29, 0.717) is 0 Å². The lowest BCUT2D eigenvalue weighted by Gasteiger charge is -2.25. The molecule has 1 unspecified atom stereocenters. The van der Waals surface area contributed by atoms with Gasteiger partial charge in [-0.25, -0.2) is 4.79 Å². The first kappa shape index (κ1) is 18.5. The molecule has 1 fully saturated rings. The van der Waals surface area contributed by atoms with Crippen molar-refractivity contribution in [2.45, 2.75) is 25.4 Å². The van der Waals surface area contributed by atoms with Gasteiger partial charge in [-0.3, -0.25) is 4.68 Å². The summed E-state index contributed by atoms with van der Waals surface area (Å²) in [5.74, 6) is 0. The Morgan fingerprint density at radius 3 is 2.75 bits per heavy atom. The molecule has 4 rings (SSSR count). The summed E-state index contributed by atoms with van der Waals surface area (Å²) in [5, 5.41) is 8.40. The number of anilines is 1. The maximum Gasteiger partial charge on any atom is 0.322 e. The number of carbonyl (C=O) groups excluding carboxylic acids is 1. The molecule has 146 valence electrons. The SMILES string of the molecule is CN(C)Cc1ccc(C2CCCN2C(=O)Nc2ccc3cnn(C)c3c2)cc1. The largest absolute Gasteiger partial charge is 0.322 e. The molecular formula is C22H27N5O. The molecule has 1 aliphatic heterocycles. The van der Waals surface area contributed by atoms with Crippen LogP contribution in [-0.2, 0) is 13.6 Å². The Labute approximate surface area is 165 Å². The number of benzene rings is 2. The van der Waals surface area contributed by atoms with E-state index in [2.05, 4.69) is 53.7 Å². The molecule has 3 aromatic rings. The summed E-state index contributed by atoms with van der Waals surface area (Å²) in [5.41, 5.74) is 4.30. The molecule has 0 bridgehead atoms. The molecular weight excluding hydrogens is 350 g/mol. The second-order valence-corrected chi connectivity index (χ2v) is 7.80. The lowest BCUT2D eigenvalue weighted by Crippen LogP contribution is -2.34. The zero-order valence-electron chi connectivity index (χ0n) is 16.7. The van der Waals surface area contributed by atoms with Crippen molar-refractivity contribution in [1.82, 2.24) is 19.6 Å². The summed E-state index contributed by atoms with van der Waals surface area (Å²) in [4.78, 5) is 17.1. The Morgan fingerprint density at radius 1 is 1.21 bits per heavy atom. The standard InChI is InChI=1S/C22H27N5O/c1-25(2)15-16-6-8-17(9-7-16)20-5-4-12-27(20)22(28)24-19-11-10-18-14-23-26(3)21(18)13-19/h6-11,13-14,20H,4-5,12,15H2,1-3H3,(H,24,28). The first-order chi connectivity index (χ1) is 13.5. The number of hydrogen-bond acceptors (Lipinski definition) is 3. The highest BCUT2D eigenvalue weighted by molar-refractivity contribution is 5.92. The van der Waals surface area contributed by atoms with Gasteiger partial charge in [-0.2, -0.15) is 5.10 Å². The van der Waals surface area contributed by atoms with Crippen molar-refractivity contribution in [3.8, 4) is 0 Å². The lowest BCUT2D eigenvalue weighted by atomic mass is 10.0. The van der Waals surface area contributed by atoms with Crippen LogP contribution in [0.4, 0.5) is 10.5 Å². The van der Waals surface area contributed by atoms with Crippen molar-refractivity contribution in [2.75, 3.05) is 26.0 Å². The monoisotopic (exact) mass is 377 g/mol. The minimum absolute atomic E-state index is 0.0404. The van der Waals surface area contributed by atoms with Crippen LogP contribution in [0, 0.1) is 0 Å². The van der Waals surface area contributed by atoms with Gasteiger partial charge in [-0.05, 0) is 56.3 Å². The molecule has 0 radical (unpaired) electrons. The molecule has 6 heteroatoms. The van der Waals surface area contributed by atoms with Crippen LogP contribution in [-0.4, -0.2) is 46.3 Å². The van der Waals surface area contributed by atoms with Crippen LogP contribution < -0.4 is 5.32 Å². The third kappa shape index (κ3) is 3.73. The van der Waals surface area contributed by atoms with Gasteiger partial charge >= 0.3 is 6.03 Å². The van der Waals surface area contributed by atoms with Crippen molar-refractivity contribution >= 4 is 22.6 Å². The highest BCUT2D eigenvalue weighted by Crippen LogP contribution is 2.32. The van der Waals surface area contributed by atoms with Gasteiger partial charge in [0.2, 0.25) is 0 Å². The van der Waals surface area contributed by atoms with Crippen molar-refractivity contribution in [3.05, 3.63) is 59.8 Å². The van der Waals surface area contributed by atoms with Gasteiger partial charge in [0, 0.05) is 31.2 Å². The van der Waals surface area contributed by atoms with E-state index in [-0.39, 0.29) is 12.1 Å². The second-order valence-electron chi connectivity index (χ2n) is 7.80. The molecule has 0 spiro atoms. The number of nitrogens with one attached hydrogen (secondary N) is 1. The van der Waals surface area contributed by atoms with Crippen LogP contribution in [0.1, 0.15) is 30.0 Å². The maximum atomic E-state index is 13.0. The van der Waals surface area contributed by atoms with E-state index in [4.69, 9.17) is 0 Å². The molecule has 2 heterocycles. The quantitative estimate of drug-likeness (QED) is 0.748. The van der Waals surface area contributed by atoms with Crippen LogP contribution in [0.5, 0.6) is 0 Å². The average molecular weight is 377 g/mol. The average Bonchev–Trinajstić information content (AvgIpc) is 3.29. The fourth-order valence-corrected chi connectivity index (χ4v) is 3.98. The van der Waals surface area contributed by atoms with Crippen LogP contribution >= 0.6 is 0 Å². The summed E-state index contributed by atoms with van der Waals surface area (Å²) in [7, 11) is 6.05. The number of urea groups is 1. The lowest BCUT2D eigenvalue weighted by molar-refractivity contribution is 0.207. The summed E-state index contributed by atoms with van der Waals surface area (Å²) >= 11 is 0. The van der Waals surface area contributed by atoms with Crippen LogP contribution in [0.2, 0.25) is 0 Å². The Balaban J connectivity index is 1.49. The fourth-order valence-electron chi connectivity index (χ4n) is 3.98. The minimum atomic E-state index is -0.0404. The third-order valence-corrected chi connectivity index (χ3v) is 5.38. The summed E-state index contributed by atoms with van der Waals surface area (Å²) in [6.07, 6.45) is 3.86. The topological polar surface area (TPSA) is 53.4 Å². The molecule has 6 nitrogen and oxygen atoms in total. The molecule has 1 saturated heterocycles. The number of likely N-dealkylation sites (tertiary alicyclic amines) is 1. The number of hydrogen-bond donors (Lipinski definition) is 1.